The number of hydrogen-bond donors (Lipinski definition) is 1. The lowest BCUT2D eigenvalue weighted by molar-refractivity contribution is -0.169. The van der Waals surface area contributed by atoms with Crippen LogP contribution in [0.15, 0.2) is 46.9 Å². The van der Waals surface area contributed by atoms with Gasteiger partial charge in [0.1, 0.15) is 11.9 Å². The molecule has 3 rings (SSSR count). The zero-order chi connectivity index (χ0) is 18.3. The van der Waals surface area contributed by atoms with Crippen molar-refractivity contribution < 1.29 is 19.2 Å². The second-order valence-corrected chi connectivity index (χ2v) is 6.92. The number of amides is 2. The minimum absolute atomic E-state index is 0.0611. The third kappa shape index (κ3) is 3.03. The van der Waals surface area contributed by atoms with Crippen LogP contribution in [0.3, 0.4) is 0 Å². The Morgan fingerprint density at radius 2 is 1.96 bits per heavy atom. The molecule has 2 aromatic rings. The number of carbonyl (C=O) groups excluding carboxylic acids is 2. The maximum Gasteiger partial charge on any atom is 0.270 e. The minimum atomic E-state index is -1.08. The molecule has 0 aliphatic carbocycles. The van der Waals surface area contributed by atoms with Crippen LogP contribution in [0.2, 0.25) is 5.02 Å². The Balaban J connectivity index is 2.11. The Morgan fingerprint density at radius 3 is 2.60 bits per heavy atom. The summed E-state index contributed by atoms with van der Waals surface area (Å²) in [7, 11) is 0. The molecule has 5 nitrogen and oxygen atoms in total. The fourth-order valence-electron chi connectivity index (χ4n) is 2.85. The zero-order valence-electron chi connectivity index (χ0n) is 13.0. The van der Waals surface area contributed by atoms with Crippen LogP contribution in [-0.2, 0) is 4.79 Å². The lowest BCUT2D eigenvalue weighted by Gasteiger charge is -2.28. The Bertz CT molecular complexity index is 843. The van der Waals surface area contributed by atoms with Crippen molar-refractivity contribution in [2.24, 2.45) is 0 Å². The number of hydrogen-bond acceptors (Lipinski definition) is 3. The molecule has 1 saturated heterocycles. The van der Waals surface area contributed by atoms with E-state index in [1.165, 1.54) is 19.1 Å². The van der Waals surface area contributed by atoms with Crippen LogP contribution in [0.5, 0.6) is 0 Å². The third-order valence-electron chi connectivity index (χ3n) is 4.05. The Hall–Kier alpha value is -1.96. The summed E-state index contributed by atoms with van der Waals surface area (Å²) in [5.74, 6) is -2.22. The lowest BCUT2D eigenvalue weighted by atomic mass is 10.1. The summed E-state index contributed by atoms with van der Waals surface area (Å²) in [5.41, 5.74) is 0.162. The Morgan fingerprint density at radius 1 is 1.28 bits per heavy atom. The van der Waals surface area contributed by atoms with E-state index in [0.29, 0.717) is 15.1 Å². The van der Waals surface area contributed by atoms with Gasteiger partial charge in [0.2, 0.25) is 0 Å². The molecule has 2 aromatic carbocycles. The van der Waals surface area contributed by atoms with E-state index in [-0.39, 0.29) is 10.6 Å². The number of nitrogens with zero attached hydrogens (tertiary/aromatic N) is 2. The second-order valence-electron chi connectivity index (χ2n) is 5.60. The van der Waals surface area contributed by atoms with Crippen LogP contribution in [0.1, 0.15) is 29.0 Å². The minimum Gasteiger partial charge on any atom is -0.300 e. The van der Waals surface area contributed by atoms with Crippen molar-refractivity contribution in [3.63, 3.8) is 0 Å². The van der Waals surface area contributed by atoms with Crippen LogP contribution in [0, 0.1) is 5.82 Å². The van der Waals surface area contributed by atoms with Gasteiger partial charge in [-0.15, -0.1) is 0 Å². The van der Waals surface area contributed by atoms with Crippen molar-refractivity contribution in [1.82, 2.24) is 9.96 Å². The molecule has 1 unspecified atom stereocenters. The van der Waals surface area contributed by atoms with E-state index in [9.17, 15) is 19.2 Å². The average Bonchev–Trinajstić information content (AvgIpc) is 2.78. The Labute approximate surface area is 156 Å². The molecule has 0 aromatic heterocycles. The van der Waals surface area contributed by atoms with Gasteiger partial charge in [-0.2, -0.15) is 5.06 Å². The summed E-state index contributed by atoms with van der Waals surface area (Å²) in [6.07, 6.45) is -1.08. The largest absolute Gasteiger partial charge is 0.300 e. The molecule has 0 saturated carbocycles. The van der Waals surface area contributed by atoms with Gasteiger partial charge in [-0.3, -0.25) is 19.7 Å². The van der Waals surface area contributed by atoms with Gasteiger partial charge in [-0.1, -0.05) is 45.7 Å². The summed E-state index contributed by atoms with van der Waals surface area (Å²) in [6, 6.07) is 9.73. The van der Waals surface area contributed by atoms with Crippen LogP contribution in [0.4, 0.5) is 4.39 Å². The fourth-order valence-corrected chi connectivity index (χ4v) is 3.51. The molecule has 2 amide bonds. The standard InChI is InChI=1S/C17H13BrClFN2O3/c1-9-16(23)22(25)15(10-4-2-5-11(18)8-10)21(9)17(24)14-12(19)6-3-7-13(14)20/h2-9,15,25H,1H3/t9-,15?/m1/s1. The molecular weight excluding hydrogens is 415 g/mol. The SMILES string of the molecule is C[C@@H]1C(=O)N(O)C(c2cccc(Br)c2)N1C(=O)c1c(F)cccc1Cl. The summed E-state index contributed by atoms with van der Waals surface area (Å²) >= 11 is 9.30. The molecule has 130 valence electrons. The molecular formula is C17H13BrClFN2O3. The van der Waals surface area contributed by atoms with Gasteiger partial charge in [0.05, 0.1) is 10.6 Å². The van der Waals surface area contributed by atoms with Crippen LogP contribution in [-0.4, -0.2) is 33.0 Å². The van der Waals surface area contributed by atoms with Crippen molar-refractivity contribution in [3.8, 4) is 0 Å². The first-order chi connectivity index (χ1) is 11.8. The molecule has 1 aliphatic heterocycles. The molecule has 25 heavy (non-hydrogen) atoms. The van der Waals surface area contributed by atoms with Crippen molar-refractivity contribution in [3.05, 3.63) is 68.9 Å². The summed E-state index contributed by atoms with van der Waals surface area (Å²) in [6.45, 7) is 1.47. The normalized spacial score (nSPS) is 20.3. The summed E-state index contributed by atoms with van der Waals surface area (Å²) in [5, 5.41) is 10.6. The number of halogens is 3. The number of hydroxylamine groups is 2. The van der Waals surface area contributed by atoms with Gasteiger partial charge in [-0.25, -0.2) is 4.39 Å². The van der Waals surface area contributed by atoms with E-state index in [1.807, 2.05) is 0 Å². The highest BCUT2D eigenvalue weighted by Gasteiger charge is 2.47. The number of benzene rings is 2. The van der Waals surface area contributed by atoms with Crippen molar-refractivity contribution in [1.29, 1.82) is 0 Å². The predicted octanol–water partition coefficient (Wildman–Crippen LogP) is 4.00. The van der Waals surface area contributed by atoms with Crippen molar-refractivity contribution in [2.45, 2.75) is 19.1 Å². The maximum atomic E-state index is 14.2. The van der Waals surface area contributed by atoms with Gasteiger partial charge in [0, 0.05) is 4.47 Å². The van der Waals surface area contributed by atoms with E-state index in [1.54, 1.807) is 24.3 Å². The van der Waals surface area contributed by atoms with Gasteiger partial charge >= 0.3 is 0 Å². The topological polar surface area (TPSA) is 60.9 Å². The van der Waals surface area contributed by atoms with Crippen LogP contribution in [0.25, 0.3) is 0 Å². The molecule has 0 bridgehead atoms. The smallest absolute Gasteiger partial charge is 0.270 e. The fraction of sp³-hybridized carbons (Fsp3) is 0.176. The molecule has 8 heteroatoms. The van der Waals surface area contributed by atoms with E-state index in [0.717, 1.165) is 11.0 Å². The van der Waals surface area contributed by atoms with E-state index < -0.39 is 29.8 Å². The first-order valence-electron chi connectivity index (χ1n) is 7.37. The molecule has 1 N–H and O–H groups in total. The highest BCUT2D eigenvalue weighted by Crippen LogP contribution is 2.36. The molecule has 1 aliphatic rings. The molecule has 0 radical (unpaired) electrons. The average molecular weight is 428 g/mol. The van der Waals surface area contributed by atoms with Crippen molar-refractivity contribution in [2.75, 3.05) is 0 Å². The Kier molecular flexibility index (Phi) is 4.81. The molecule has 0 spiro atoms. The number of rotatable bonds is 2. The summed E-state index contributed by atoms with van der Waals surface area (Å²) < 4.78 is 14.9. The highest BCUT2D eigenvalue weighted by molar-refractivity contribution is 9.10. The molecule has 2 atom stereocenters. The van der Waals surface area contributed by atoms with Gasteiger partial charge < -0.3 is 0 Å². The van der Waals surface area contributed by atoms with Crippen LogP contribution >= 0.6 is 27.5 Å². The van der Waals surface area contributed by atoms with Crippen LogP contribution < -0.4 is 0 Å². The van der Waals surface area contributed by atoms with Gasteiger partial charge in [0.15, 0.2) is 6.17 Å². The first-order valence-corrected chi connectivity index (χ1v) is 8.54. The second kappa shape index (κ2) is 6.74. The molecule has 1 fully saturated rings. The van der Waals surface area contributed by atoms with E-state index in [2.05, 4.69) is 15.9 Å². The first kappa shape index (κ1) is 17.8. The summed E-state index contributed by atoms with van der Waals surface area (Å²) in [4.78, 5) is 26.3. The van der Waals surface area contributed by atoms with E-state index in [4.69, 9.17) is 11.6 Å². The lowest BCUT2D eigenvalue weighted by Crippen LogP contribution is -2.38. The van der Waals surface area contributed by atoms with Gasteiger partial charge in [-0.05, 0) is 36.8 Å². The van der Waals surface area contributed by atoms with Crippen molar-refractivity contribution >= 4 is 39.3 Å². The monoisotopic (exact) mass is 426 g/mol. The number of carbonyl (C=O) groups is 2. The predicted molar refractivity (Wildman–Crippen MR) is 92.6 cm³/mol. The zero-order valence-corrected chi connectivity index (χ0v) is 15.3. The van der Waals surface area contributed by atoms with E-state index >= 15 is 0 Å². The third-order valence-corrected chi connectivity index (χ3v) is 4.86. The highest BCUT2D eigenvalue weighted by atomic mass is 79.9. The van der Waals surface area contributed by atoms with Gasteiger partial charge in [0.25, 0.3) is 11.8 Å². The molecule has 1 heterocycles. The quantitative estimate of drug-likeness (QED) is 0.737. The maximum absolute atomic E-state index is 14.2.